The van der Waals surface area contributed by atoms with Gasteiger partial charge < -0.3 is 19.9 Å². The van der Waals surface area contributed by atoms with Crippen molar-refractivity contribution in [2.75, 3.05) is 46.4 Å². The molecule has 1 atom stereocenters. The third-order valence-electron chi connectivity index (χ3n) is 5.16. The Hall–Kier alpha value is -1.59. The molecule has 1 aromatic carbocycles. The van der Waals surface area contributed by atoms with Crippen LogP contribution in [-0.2, 0) is 4.74 Å². The number of aryl methyl sites for hydroxylation is 1. The van der Waals surface area contributed by atoms with E-state index in [1.54, 1.807) is 0 Å². The number of piperazine rings is 1. The number of hydrogen-bond acceptors (Lipinski definition) is 4. The van der Waals surface area contributed by atoms with E-state index in [0.717, 1.165) is 32.5 Å². The molecule has 3 rings (SSSR count). The summed E-state index contributed by atoms with van der Waals surface area (Å²) >= 11 is 0. The number of piperidine rings is 1. The number of carbonyl (C=O) groups is 1. The van der Waals surface area contributed by atoms with E-state index >= 15 is 0 Å². The Bertz CT molecular complexity index is 555. The Kier molecular flexibility index (Phi) is 5.74. The van der Waals surface area contributed by atoms with Gasteiger partial charge in [-0.25, -0.2) is 4.79 Å². The van der Waals surface area contributed by atoms with Gasteiger partial charge >= 0.3 is 6.09 Å². The van der Waals surface area contributed by atoms with Gasteiger partial charge in [0.05, 0.1) is 12.6 Å². The lowest BCUT2D eigenvalue weighted by Crippen LogP contribution is -2.48. The summed E-state index contributed by atoms with van der Waals surface area (Å²) in [6.07, 6.45) is 2.09. The normalized spacial score (nSPS) is 23.2. The molecule has 132 valence electrons. The van der Waals surface area contributed by atoms with E-state index in [4.69, 9.17) is 4.74 Å². The van der Waals surface area contributed by atoms with E-state index in [1.807, 2.05) is 4.90 Å². The number of rotatable bonds is 3. The van der Waals surface area contributed by atoms with Crippen LogP contribution in [0.25, 0.3) is 0 Å². The molecule has 0 spiro atoms. The van der Waals surface area contributed by atoms with Gasteiger partial charge in [-0.3, -0.25) is 0 Å². The summed E-state index contributed by atoms with van der Waals surface area (Å²) in [4.78, 5) is 16.6. The second kappa shape index (κ2) is 7.99. The molecule has 2 heterocycles. The molecule has 24 heavy (non-hydrogen) atoms. The first-order valence-corrected chi connectivity index (χ1v) is 9.02. The monoisotopic (exact) mass is 331 g/mol. The van der Waals surface area contributed by atoms with Crippen LogP contribution in [0.4, 0.5) is 4.79 Å². The summed E-state index contributed by atoms with van der Waals surface area (Å²) < 4.78 is 5.60. The van der Waals surface area contributed by atoms with Gasteiger partial charge in [-0.1, -0.05) is 29.8 Å². The predicted octanol–water partition coefficient (Wildman–Crippen LogP) is 2.42. The fourth-order valence-corrected chi connectivity index (χ4v) is 3.54. The van der Waals surface area contributed by atoms with E-state index in [1.165, 1.54) is 11.1 Å². The second-order valence-corrected chi connectivity index (χ2v) is 7.19. The highest BCUT2D eigenvalue weighted by Crippen LogP contribution is 2.20. The van der Waals surface area contributed by atoms with Crippen LogP contribution < -0.4 is 5.32 Å². The first kappa shape index (κ1) is 17.2. The molecular formula is C19H29N3O2. The molecule has 0 radical (unpaired) electrons. The summed E-state index contributed by atoms with van der Waals surface area (Å²) in [6.45, 7) is 7.06. The number of carbonyl (C=O) groups excluding carboxylic acids is 1. The average molecular weight is 331 g/mol. The maximum Gasteiger partial charge on any atom is 0.409 e. The van der Waals surface area contributed by atoms with Crippen LogP contribution in [0.2, 0.25) is 0 Å². The molecule has 2 fully saturated rings. The van der Waals surface area contributed by atoms with Crippen molar-refractivity contribution >= 4 is 6.09 Å². The molecule has 0 aliphatic carbocycles. The fraction of sp³-hybridized carbons (Fsp3) is 0.632. The van der Waals surface area contributed by atoms with E-state index in [2.05, 4.69) is 48.5 Å². The number of benzene rings is 1. The quantitative estimate of drug-likeness (QED) is 0.924. The van der Waals surface area contributed by atoms with Crippen LogP contribution in [0.15, 0.2) is 24.3 Å². The number of nitrogens with one attached hydrogen (secondary N) is 1. The van der Waals surface area contributed by atoms with Crippen molar-refractivity contribution in [2.24, 2.45) is 5.92 Å². The average Bonchev–Trinajstić information content (AvgIpc) is 2.61. The second-order valence-electron chi connectivity index (χ2n) is 7.19. The van der Waals surface area contributed by atoms with Crippen LogP contribution in [0.3, 0.4) is 0 Å². The van der Waals surface area contributed by atoms with Crippen LogP contribution in [0.1, 0.15) is 30.0 Å². The largest absolute Gasteiger partial charge is 0.449 e. The SMILES string of the molecule is Cc1cccc(C2CN(C(=O)OCC3CCN(C)CC3)CCN2)c1. The minimum atomic E-state index is -0.159. The van der Waals surface area contributed by atoms with Crippen molar-refractivity contribution in [2.45, 2.75) is 25.8 Å². The first-order chi connectivity index (χ1) is 11.6. The number of hydrogen-bond donors (Lipinski definition) is 1. The first-order valence-electron chi connectivity index (χ1n) is 9.02. The highest BCUT2D eigenvalue weighted by molar-refractivity contribution is 5.67. The molecule has 1 N–H and O–H groups in total. The summed E-state index contributed by atoms with van der Waals surface area (Å²) in [7, 11) is 2.15. The standard InChI is InChI=1S/C19H29N3O2/c1-15-4-3-5-17(12-15)18-13-22(11-8-20-18)19(23)24-14-16-6-9-21(2)10-7-16/h3-5,12,16,18,20H,6-11,13-14H2,1-2H3. The molecular weight excluding hydrogens is 302 g/mol. The van der Waals surface area contributed by atoms with Crippen molar-refractivity contribution in [3.63, 3.8) is 0 Å². The van der Waals surface area contributed by atoms with E-state index in [-0.39, 0.29) is 12.1 Å². The van der Waals surface area contributed by atoms with Gasteiger partial charge in [0.2, 0.25) is 0 Å². The summed E-state index contributed by atoms with van der Waals surface area (Å²) in [5.74, 6) is 0.514. The van der Waals surface area contributed by atoms with Crippen LogP contribution in [0.5, 0.6) is 0 Å². The molecule has 0 aromatic heterocycles. The Morgan fingerprint density at radius 3 is 2.83 bits per heavy atom. The Balaban J connectivity index is 1.50. The van der Waals surface area contributed by atoms with Crippen molar-refractivity contribution in [3.8, 4) is 0 Å². The molecule has 2 aliphatic heterocycles. The molecule has 5 nitrogen and oxygen atoms in total. The van der Waals surface area contributed by atoms with E-state index in [0.29, 0.717) is 25.6 Å². The Morgan fingerprint density at radius 1 is 1.29 bits per heavy atom. The van der Waals surface area contributed by atoms with Gasteiger partial charge in [0, 0.05) is 19.6 Å². The lowest BCUT2D eigenvalue weighted by Gasteiger charge is -2.34. The smallest absolute Gasteiger partial charge is 0.409 e. The zero-order chi connectivity index (χ0) is 16.9. The van der Waals surface area contributed by atoms with Gasteiger partial charge in [-0.2, -0.15) is 0 Å². The van der Waals surface area contributed by atoms with Crippen molar-refractivity contribution < 1.29 is 9.53 Å². The molecule has 2 aliphatic rings. The maximum atomic E-state index is 12.4. The molecule has 5 heteroatoms. The van der Waals surface area contributed by atoms with Crippen LogP contribution in [-0.4, -0.2) is 62.3 Å². The van der Waals surface area contributed by atoms with E-state index < -0.39 is 0 Å². The van der Waals surface area contributed by atoms with Gasteiger partial charge in [0.25, 0.3) is 0 Å². The molecule has 0 bridgehead atoms. The summed E-state index contributed by atoms with van der Waals surface area (Å²) in [5.41, 5.74) is 2.49. The topological polar surface area (TPSA) is 44.8 Å². The Morgan fingerprint density at radius 2 is 2.08 bits per heavy atom. The zero-order valence-electron chi connectivity index (χ0n) is 14.8. The highest BCUT2D eigenvalue weighted by Gasteiger charge is 2.26. The summed E-state index contributed by atoms with van der Waals surface area (Å²) in [5, 5.41) is 3.50. The number of amides is 1. The van der Waals surface area contributed by atoms with Gasteiger partial charge in [0.1, 0.15) is 0 Å². The zero-order valence-corrected chi connectivity index (χ0v) is 14.8. The van der Waals surface area contributed by atoms with E-state index in [9.17, 15) is 4.79 Å². The molecule has 1 aromatic rings. The summed E-state index contributed by atoms with van der Waals surface area (Å²) in [6, 6.07) is 8.67. The molecule has 1 unspecified atom stereocenters. The van der Waals surface area contributed by atoms with Gasteiger partial charge in [-0.15, -0.1) is 0 Å². The predicted molar refractivity (Wildman–Crippen MR) is 95.1 cm³/mol. The molecule has 1 amide bonds. The maximum absolute atomic E-state index is 12.4. The molecule has 2 saturated heterocycles. The third-order valence-corrected chi connectivity index (χ3v) is 5.16. The van der Waals surface area contributed by atoms with Crippen molar-refractivity contribution in [3.05, 3.63) is 35.4 Å². The Labute approximate surface area is 145 Å². The number of ether oxygens (including phenoxy) is 1. The number of likely N-dealkylation sites (tertiary alicyclic amines) is 1. The van der Waals surface area contributed by atoms with Crippen LogP contribution >= 0.6 is 0 Å². The minimum absolute atomic E-state index is 0.159. The highest BCUT2D eigenvalue weighted by atomic mass is 16.6. The lowest BCUT2D eigenvalue weighted by molar-refractivity contribution is 0.0652. The van der Waals surface area contributed by atoms with Crippen molar-refractivity contribution in [1.29, 1.82) is 0 Å². The van der Waals surface area contributed by atoms with Gasteiger partial charge in [0.15, 0.2) is 0 Å². The molecule has 0 saturated carbocycles. The lowest BCUT2D eigenvalue weighted by atomic mass is 9.98. The van der Waals surface area contributed by atoms with Crippen molar-refractivity contribution in [1.82, 2.24) is 15.1 Å². The third kappa shape index (κ3) is 4.48. The fourth-order valence-electron chi connectivity index (χ4n) is 3.54. The van der Waals surface area contributed by atoms with Gasteiger partial charge in [-0.05, 0) is 51.4 Å². The number of nitrogens with zero attached hydrogens (tertiary/aromatic N) is 2. The minimum Gasteiger partial charge on any atom is -0.449 e. The van der Waals surface area contributed by atoms with Crippen LogP contribution in [0, 0.1) is 12.8 Å².